The van der Waals surface area contributed by atoms with E-state index < -0.39 is 0 Å². The van der Waals surface area contributed by atoms with Crippen molar-refractivity contribution in [1.82, 2.24) is 0 Å². The Morgan fingerprint density at radius 1 is 0.531 bits per heavy atom. The van der Waals surface area contributed by atoms with Crippen LogP contribution < -0.4 is 0 Å². The van der Waals surface area contributed by atoms with Gasteiger partial charge in [0.05, 0.1) is 0 Å². The fourth-order valence-electron chi connectivity index (χ4n) is 8.96. The maximum atomic E-state index is 2.61. The van der Waals surface area contributed by atoms with Gasteiger partial charge in [-0.3, -0.25) is 0 Å². The molecule has 0 fully saturated rings. The zero-order chi connectivity index (χ0) is 35.0. The first kappa shape index (κ1) is 35.4. The second-order valence-corrected chi connectivity index (χ2v) is 17.1. The SMILES string of the molecule is CCCC1=Cc2c(ccc(C(C)C)c2-c2cc(C)cc(C)c2)C1C[Si]CC1C(CCC)=Cc2c1ccc(C(C)C)c2-c1cc(C)cc(C)c1. The van der Waals surface area contributed by atoms with E-state index in [0.29, 0.717) is 23.7 Å². The van der Waals surface area contributed by atoms with Crippen molar-refractivity contribution >= 4 is 21.7 Å². The highest BCUT2D eigenvalue weighted by Crippen LogP contribution is 2.50. The van der Waals surface area contributed by atoms with Gasteiger partial charge < -0.3 is 0 Å². The zero-order valence-electron chi connectivity index (χ0n) is 32.0. The molecule has 0 aliphatic heterocycles. The van der Waals surface area contributed by atoms with Gasteiger partial charge in [-0.05, 0) is 108 Å². The predicted molar refractivity (Wildman–Crippen MR) is 218 cm³/mol. The van der Waals surface area contributed by atoms with E-state index in [2.05, 4.69) is 142 Å². The first-order chi connectivity index (χ1) is 23.5. The molecule has 0 saturated carbocycles. The molecule has 49 heavy (non-hydrogen) atoms. The van der Waals surface area contributed by atoms with Crippen LogP contribution in [0.1, 0.15) is 147 Å². The Balaban J connectivity index is 1.34. The van der Waals surface area contributed by atoms with Gasteiger partial charge in [0, 0.05) is 21.4 Å². The molecular formula is C48H58Si. The minimum atomic E-state index is 0.487. The molecule has 1 heteroatoms. The van der Waals surface area contributed by atoms with E-state index in [4.69, 9.17) is 0 Å². The van der Waals surface area contributed by atoms with Gasteiger partial charge in [-0.2, -0.15) is 0 Å². The van der Waals surface area contributed by atoms with Gasteiger partial charge in [0.1, 0.15) is 0 Å². The third-order valence-electron chi connectivity index (χ3n) is 11.0. The first-order valence-electron chi connectivity index (χ1n) is 19.1. The molecule has 6 rings (SSSR count). The molecule has 0 amide bonds. The number of allylic oxidation sites excluding steroid dienone is 2. The van der Waals surface area contributed by atoms with Crippen LogP contribution in [0, 0.1) is 27.7 Å². The van der Waals surface area contributed by atoms with Crippen LogP contribution in [-0.2, 0) is 0 Å². The number of hydrogen-bond acceptors (Lipinski definition) is 0. The van der Waals surface area contributed by atoms with Crippen LogP contribution in [0.4, 0.5) is 0 Å². The van der Waals surface area contributed by atoms with E-state index in [1.165, 1.54) is 105 Å². The molecule has 0 bridgehead atoms. The van der Waals surface area contributed by atoms with Crippen LogP contribution in [0.5, 0.6) is 0 Å². The summed E-state index contributed by atoms with van der Waals surface area (Å²) in [6.07, 6.45) is 10.0. The number of rotatable bonds is 12. The highest BCUT2D eigenvalue weighted by Gasteiger charge is 2.32. The quantitative estimate of drug-likeness (QED) is 0.132. The van der Waals surface area contributed by atoms with Crippen molar-refractivity contribution in [2.75, 3.05) is 0 Å². The summed E-state index contributed by atoms with van der Waals surface area (Å²) in [6, 6.07) is 26.7. The van der Waals surface area contributed by atoms with E-state index in [9.17, 15) is 0 Å². The molecule has 0 spiro atoms. The highest BCUT2D eigenvalue weighted by atomic mass is 28.2. The Labute approximate surface area is 301 Å². The van der Waals surface area contributed by atoms with Gasteiger partial charge in [-0.1, -0.05) is 173 Å². The molecule has 4 aromatic carbocycles. The summed E-state index contributed by atoms with van der Waals surface area (Å²) in [5, 5.41) is 0. The lowest BCUT2D eigenvalue weighted by Crippen LogP contribution is -2.09. The van der Waals surface area contributed by atoms with Crippen molar-refractivity contribution in [3.8, 4) is 22.3 Å². The summed E-state index contributed by atoms with van der Waals surface area (Å²) in [4.78, 5) is 0. The molecule has 254 valence electrons. The van der Waals surface area contributed by atoms with Crippen molar-refractivity contribution in [2.24, 2.45) is 0 Å². The Bertz CT molecular complexity index is 1730. The van der Waals surface area contributed by atoms with Crippen LogP contribution in [0.25, 0.3) is 34.4 Å². The third kappa shape index (κ3) is 7.11. The third-order valence-corrected chi connectivity index (χ3v) is 12.4. The van der Waals surface area contributed by atoms with Crippen molar-refractivity contribution < 1.29 is 0 Å². The lowest BCUT2D eigenvalue weighted by molar-refractivity contribution is 0.780. The van der Waals surface area contributed by atoms with E-state index in [1.54, 1.807) is 22.3 Å². The monoisotopic (exact) mass is 662 g/mol. The summed E-state index contributed by atoms with van der Waals surface area (Å²) in [6.45, 7) is 23.1. The fraction of sp³-hybridized carbons (Fsp3) is 0.417. The number of fused-ring (bicyclic) bond motifs is 2. The van der Waals surface area contributed by atoms with Gasteiger partial charge in [0.25, 0.3) is 0 Å². The van der Waals surface area contributed by atoms with Crippen LogP contribution in [-0.4, -0.2) is 9.52 Å². The number of aryl methyl sites for hydroxylation is 4. The van der Waals surface area contributed by atoms with Crippen LogP contribution in [0.3, 0.4) is 0 Å². The lowest BCUT2D eigenvalue weighted by atomic mass is 9.85. The summed E-state index contributed by atoms with van der Waals surface area (Å²) < 4.78 is 0. The van der Waals surface area contributed by atoms with Crippen molar-refractivity contribution in [1.29, 1.82) is 0 Å². The minimum Gasteiger partial charge on any atom is -0.0651 e. The van der Waals surface area contributed by atoms with E-state index in [1.807, 2.05) is 0 Å². The van der Waals surface area contributed by atoms with E-state index in [-0.39, 0.29) is 0 Å². The molecule has 0 N–H and O–H groups in total. The molecule has 2 atom stereocenters. The smallest absolute Gasteiger partial charge is 0.0397 e. The Kier molecular flexibility index (Phi) is 10.7. The Morgan fingerprint density at radius 3 is 1.22 bits per heavy atom. The maximum absolute atomic E-state index is 2.61. The van der Waals surface area contributed by atoms with Crippen LogP contribution >= 0.6 is 0 Å². The normalized spacial score (nSPS) is 16.7. The second-order valence-electron chi connectivity index (χ2n) is 15.8. The van der Waals surface area contributed by atoms with Crippen molar-refractivity contribution in [2.45, 2.75) is 131 Å². The Morgan fingerprint density at radius 2 is 0.898 bits per heavy atom. The van der Waals surface area contributed by atoms with Gasteiger partial charge in [-0.15, -0.1) is 0 Å². The van der Waals surface area contributed by atoms with Crippen LogP contribution in [0.15, 0.2) is 71.8 Å². The molecule has 2 unspecified atom stereocenters. The molecule has 4 aromatic rings. The minimum absolute atomic E-state index is 0.487. The standard InChI is InChI=1S/C48H58Si/c1-11-13-35-25-43-41(17-15-39(29(3)4)47(43)37-21-31(7)19-32(8)22-37)45(35)27-49-28-46-36(14-12-2)26-44-42(46)18-16-40(30(5)6)48(44)38-23-33(9)20-34(10)24-38/h15-26,29-30,45-46H,11-14,27-28H2,1-10H3. The topological polar surface area (TPSA) is 0 Å². The average molecular weight is 663 g/mol. The first-order valence-corrected chi connectivity index (χ1v) is 20.5. The van der Waals surface area contributed by atoms with Gasteiger partial charge >= 0.3 is 0 Å². The summed E-state index contributed by atoms with van der Waals surface area (Å²) in [7, 11) is 0.927. The molecule has 0 aromatic heterocycles. The maximum Gasteiger partial charge on any atom is 0.0397 e. The molecule has 2 aliphatic carbocycles. The highest BCUT2D eigenvalue weighted by molar-refractivity contribution is 6.36. The van der Waals surface area contributed by atoms with Crippen molar-refractivity contribution in [3.63, 3.8) is 0 Å². The van der Waals surface area contributed by atoms with E-state index >= 15 is 0 Å². The molecule has 0 saturated heterocycles. The van der Waals surface area contributed by atoms with Crippen molar-refractivity contribution in [3.05, 3.63) is 127 Å². The van der Waals surface area contributed by atoms with Crippen LogP contribution in [0.2, 0.25) is 12.1 Å². The Hall–Kier alpha value is -3.42. The molecule has 2 radical (unpaired) electrons. The zero-order valence-corrected chi connectivity index (χ0v) is 33.0. The second kappa shape index (κ2) is 14.8. The summed E-state index contributed by atoms with van der Waals surface area (Å²) >= 11 is 0. The molecular weight excluding hydrogens is 605 g/mol. The average Bonchev–Trinajstić information content (AvgIpc) is 3.56. The van der Waals surface area contributed by atoms with Gasteiger partial charge in [0.15, 0.2) is 0 Å². The van der Waals surface area contributed by atoms with Gasteiger partial charge in [0.2, 0.25) is 0 Å². The van der Waals surface area contributed by atoms with E-state index in [0.717, 1.165) is 9.52 Å². The summed E-state index contributed by atoms with van der Waals surface area (Å²) in [5.74, 6) is 2.04. The fourth-order valence-corrected chi connectivity index (χ4v) is 10.7. The molecule has 2 aliphatic rings. The molecule has 0 nitrogen and oxygen atoms in total. The lowest BCUT2D eigenvalue weighted by Gasteiger charge is -2.23. The molecule has 0 heterocycles. The summed E-state index contributed by atoms with van der Waals surface area (Å²) in [5.41, 5.74) is 23.6. The predicted octanol–water partition coefficient (Wildman–Crippen LogP) is 14.3. The number of hydrogen-bond donors (Lipinski definition) is 0. The number of benzene rings is 4. The van der Waals surface area contributed by atoms with Gasteiger partial charge in [-0.25, -0.2) is 0 Å². The largest absolute Gasteiger partial charge is 0.0651 e.